The molecule has 0 spiro atoms. The molecule has 0 unspecified atom stereocenters. The van der Waals surface area contributed by atoms with Crippen molar-refractivity contribution in [1.29, 1.82) is 0 Å². The van der Waals surface area contributed by atoms with Gasteiger partial charge in [0, 0.05) is 23.9 Å². The number of aliphatic hydroxyl groups excluding tert-OH is 1. The number of aliphatic hydroxyl groups is 1. The Morgan fingerprint density at radius 3 is 2.69 bits per heavy atom. The minimum absolute atomic E-state index is 0.246. The fourth-order valence-electron chi connectivity index (χ4n) is 1.42. The van der Waals surface area contributed by atoms with Crippen LogP contribution in [0.5, 0.6) is 0 Å². The van der Waals surface area contributed by atoms with Crippen molar-refractivity contribution in [3.63, 3.8) is 0 Å². The predicted molar refractivity (Wildman–Crippen MR) is 66.8 cm³/mol. The molecule has 16 heavy (non-hydrogen) atoms. The van der Waals surface area contributed by atoms with Gasteiger partial charge in [0.15, 0.2) is 0 Å². The zero-order chi connectivity index (χ0) is 11.2. The van der Waals surface area contributed by atoms with Gasteiger partial charge in [0.05, 0.1) is 12.3 Å². The van der Waals surface area contributed by atoms with Gasteiger partial charge in [-0.15, -0.1) is 0 Å². The van der Waals surface area contributed by atoms with Crippen LogP contribution in [-0.2, 0) is 5.75 Å². The van der Waals surface area contributed by atoms with Crippen LogP contribution >= 0.6 is 11.8 Å². The van der Waals surface area contributed by atoms with Gasteiger partial charge in [-0.05, 0) is 23.8 Å². The van der Waals surface area contributed by atoms with E-state index in [4.69, 9.17) is 5.11 Å². The Morgan fingerprint density at radius 2 is 2.06 bits per heavy atom. The zero-order valence-electron chi connectivity index (χ0n) is 8.91. The molecule has 0 bridgehead atoms. The van der Waals surface area contributed by atoms with E-state index in [0.717, 1.165) is 17.2 Å². The summed E-state index contributed by atoms with van der Waals surface area (Å²) in [4.78, 5) is 0. The first-order chi connectivity index (χ1) is 7.90. The van der Waals surface area contributed by atoms with Gasteiger partial charge >= 0.3 is 0 Å². The molecule has 84 valence electrons. The Bertz CT molecular complexity index is 411. The summed E-state index contributed by atoms with van der Waals surface area (Å²) < 4.78 is 1.84. The molecule has 3 nitrogen and oxygen atoms in total. The predicted octanol–water partition coefficient (Wildman–Crippen LogP) is 2.10. The van der Waals surface area contributed by atoms with E-state index in [0.29, 0.717) is 0 Å². The number of nitrogens with zero attached hydrogens (tertiary/aromatic N) is 2. The summed E-state index contributed by atoms with van der Waals surface area (Å²) in [5, 5.41) is 12.9. The van der Waals surface area contributed by atoms with Crippen molar-refractivity contribution in [2.75, 3.05) is 12.4 Å². The molecule has 0 aliphatic rings. The highest BCUT2D eigenvalue weighted by molar-refractivity contribution is 7.98. The molecule has 0 saturated heterocycles. The fraction of sp³-hybridized carbons (Fsp3) is 0.250. The number of thioether (sulfide) groups is 1. The van der Waals surface area contributed by atoms with E-state index in [-0.39, 0.29) is 6.61 Å². The normalized spacial score (nSPS) is 10.6. The van der Waals surface area contributed by atoms with E-state index >= 15 is 0 Å². The molecular weight excluding hydrogens is 220 g/mol. The first-order valence-corrected chi connectivity index (χ1v) is 6.33. The van der Waals surface area contributed by atoms with Crippen LogP contribution < -0.4 is 0 Å². The van der Waals surface area contributed by atoms with Crippen LogP contribution in [0.25, 0.3) is 5.69 Å². The van der Waals surface area contributed by atoms with Crippen molar-refractivity contribution >= 4 is 11.8 Å². The van der Waals surface area contributed by atoms with Gasteiger partial charge in [-0.3, -0.25) is 0 Å². The van der Waals surface area contributed by atoms with Crippen LogP contribution in [0, 0.1) is 0 Å². The molecule has 0 aliphatic heterocycles. The maximum Gasteiger partial charge on any atom is 0.0645 e. The lowest BCUT2D eigenvalue weighted by atomic mass is 10.2. The molecule has 0 saturated carbocycles. The van der Waals surface area contributed by atoms with Crippen LogP contribution in [0.4, 0.5) is 0 Å². The Kier molecular flexibility index (Phi) is 4.02. The molecule has 4 heteroatoms. The van der Waals surface area contributed by atoms with Crippen molar-refractivity contribution in [2.24, 2.45) is 0 Å². The van der Waals surface area contributed by atoms with Gasteiger partial charge in [-0.1, -0.05) is 12.1 Å². The molecule has 0 radical (unpaired) electrons. The minimum Gasteiger partial charge on any atom is -0.396 e. The van der Waals surface area contributed by atoms with Crippen LogP contribution in [0.2, 0.25) is 0 Å². The third-order valence-corrected chi connectivity index (χ3v) is 3.22. The minimum atomic E-state index is 0.246. The molecule has 1 aromatic carbocycles. The second-order valence-electron chi connectivity index (χ2n) is 3.39. The highest BCUT2D eigenvalue weighted by Gasteiger charge is 1.97. The maximum atomic E-state index is 8.68. The standard InChI is InChI=1S/C12H14N2OS/c15-8-9-16-10-11-2-4-12(5-3-11)14-7-1-6-13-14/h1-7,15H,8-10H2. The van der Waals surface area contributed by atoms with Gasteiger partial charge in [-0.25, -0.2) is 4.68 Å². The molecule has 2 aromatic rings. The summed E-state index contributed by atoms with van der Waals surface area (Å²) >= 11 is 1.74. The van der Waals surface area contributed by atoms with Crippen molar-refractivity contribution in [3.8, 4) is 5.69 Å². The number of hydrogen-bond acceptors (Lipinski definition) is 3. The Hall–Kier alpha value is -1.26. The second-order valence-corrected chi connectivity index (χ2v) is 4.50. The van der Waals surface area contributed by atoms with Crippen molar-refractivity contribution < 1.29 is 5.11 Å². The number of aromatic nitrogens is 2. The average Bonchev–Trinajstić information content (AvgIpc) is 2.84. The quantitative estimate of drug-likeness (QED) is 0.805. The number of hydrogen-bond donors (Lipinski definition) is 1. The summed E-state index contributed by atoms with van der Waals surface area (Å²) in [6.07, 6.45) is 3.69. The SMILES string of the molecule is OCCSCc1ccc(-n2cccn2)cc1. The number of rotatable bonds is 5. The fourth-order valence-corrected chi connectivity index (χ4v) is 2.12. The third-order valence-electron chi connectivity index (χ3n) is 2.21. The molecule has 1 N–H and O–H groups in total. The lowest BCUT2D eigenvalue weighted by Gasteiger charge is -2.03. The maximum absolute atomic E-state index is 8.68. The van der Waals surface area contributed by atoms with E-state index in [2.05, 4.69) is 29.4 Å². The van der Waals surface area contributed by atoms with Gasteiger partial charge in [-0.2, -0.15) is 16.9 Å². The van der Waals surface area contributed by atoms with Gasteiger partial charge in [0.1, 0.15) is 0 Å². The van der Waals surface area contributed by atoms with E-state index < -0.39 is 0 Å². The smallest absolute Gasteiger partial charge is 0.0645 e. The van der Waals surface area contributed by atoms with Crippen LogP contribution in [0.3, 0.4) is 0 Å². The lowest BCUT2D eigenvalue weighted by molar-refractivity contribution is 0.322. The van der Waals surface area contributed by atoms with Crippen LogP contribution in [-0.4, -0.2) is 27.2 Å². The summed E-state index contributed by atoms with van der Waals surface area (Å²) in [5.74, 6) is 1.74. The van der Waals surface area contributed by atoms with Crippen LogP contribution in [0.15, 0.2) is 42.7 Å². The van der Waals surface area contributed by atoms with E-state index in [9.17, 15) is 0 Å². The molecule has 2 rings (SSSR count). The third kappa shape index (κ3) is 2.87. The monoisotopic (exact) mass is 234 g/mol. The molecule has 0 atom stereocenters. The Balaban J connectivity index is 2.00. The van der Waals surface area contributed by atoms with Gasteiger partial charge < -0.3 is 5.11 Å². The molecule has 1 aromatic heterocycles. The molecular formula is C12H14N2OS. The van der Waals surface area contributed by atoms with Gasteiger partial charge in [0.2, 0.25) is 0 Å². The summed E-state index contributed by atoms with van der Waals surface area (Å²) in [5.41, 5.74) is 2.34. The van der Waals surface area contributed by atoms with Crippen molar-refractivity contribution in [3.05, 3.63) is 48.3 Å². The first kappa shape index (κ1) is 11.2. The van der Waals surface area contributed by atoms with E-state index in [1.807, 2.05) is 16.9 Å². The Labute approximate surface area is 99.1 Å². The summed E-state index contributed by atoms with van der Waals surface area (Å²) in [6.45, 7) is 0.246. The second kappa shape index (κ2) is 5.72. The molecule has 1 heterocycles. The topological polar surface area (TPSA) is 38.0 Å². The average molecular weight is 234 g/mol. The summed E-state index contributed by atoms with van der Waals surface area (Å²) in [7, 11) is 0. The van der Waals surface area contributed by atoms with Crippen LogP contribution in [0.1, 0.15) is 5.56 Å². The van der Waals surface area contributed by atoms with E-state index in [1.54, 1.807) is 18.0 Å². The first-order valence-electron chi connectivity index (χ1n) is 5.18. The van der Waals surface area contributed by atoms with Crippen molar-refractivity contribution in [2.45, 2.75) is 5.75 Å². The largest absolute Gasteiger partial charge is 0.396 e. The zero-order valence-corrected chi connectivity index (χ0v) is 9.73. The molecule has 0 fully saturated rings. The molecule has 0 aliphatic carbocycles. The summed E-state index contributed by atoms with van der Waals surface area (Å²) in [6, 6.07) is 10.2. The highest BCUT2D eigenvalue weighted by Crippen LogP contribution is 2.14. The highest BCUT2D eigenvalue weighted by atomic mass is 32.2. The molecule has 0 amide bonds. The van der Waals surface area contributed by atoms with E-state index in [1.165, 1.54) is 5.56 Å². The number of benzene rings is 1. The van der Waals surface area contributed by atoms with Gasteiger partial charge in [0.25, 0.3) is 0 Å². The Morgan fingerprint density at radius 1 is 1.25 bits per heavy atom. The van der Waals surface area contributed by atoms with Crippen molar-refractivity contribution in [1.82, 2.24) is 9.78 Å². The lowest BCUT2D eigenvalue weighted by Crippen LogP contribution is -1.94.